The third-order valence-electron chi connectivity index (χ3n) is 3.96. The number of carbonyl (C=O) groups is 2. The molecular formula is C17H25N3O3. The van der Waals surface area contributed by atoms with Crippen molar-refractivity contribution in [2.75, 3.05) is 31.6 Å². The summed E-state index contributed by atoms with van der Waals surface area (Å²) in [4.78, 5) is 26.4. The smallest absolute Gasteiger partial charge is 0.254 e. The Morgan fingerprint density at radius 2 is 2.04 bits per heavy atom. The third-order valence-corrected chi connectivity index (χ3v) is 3.96. The van der Waals surface area contributed by atoms with Crippen molar-refractivity contribution in [3.05, 3.63) is 29.3 Å². The van der Waals surface area contributed by atoms with Crippen LogP contribution in [0.4, 0.5) is 5.69 Å². The molecule has 1 aromatic rings. The molecule has 2 amide bonds. The van der Waals surface area contributed by atoms with Crippen molar-refractivity contribution in [3.8, 4) is 0 Å². The summed E-state index contributed by atoms with van der Waals surface area (Å²) in [6.45, 7) is 6.07. The number of amides is 2. The molecule has 0 spiro atoms. The van der Waals surface area contributed by atoms with Crippen LogP contribution in [0, 0.1) is 6.92 Å². The van der Waals surface area contributed by atoms with E-state index in [0.29, 0.717) is 50.4 Å². The van der Waals surface area contributed by atoms with Crippen molar-refractivity contribution >= 4 is 17.5 Å². The van der Waals surface area contributed by atoms with Gasteiger partial charge in [0.2, 0.25) is 5.91 Å². The highest BCUT2D eigenvalue weighted by atomic mass is 16.5. The summed E-state index contributed by atoms with van der Waals surface area (Å²) >= 11 is 0. The van der Waals surface area contributed by atoms with Crippen LogP contribution in [0.15, 0.2) is 18.2 Å². The molecule has 6 nitrogen and oxygen atoms in total. The van der Waals surface area contributed by atoms with Gasteiger partial charge in [0.15, 0.2) is 0 Å². The van der Waals surface area contributed by atoms with Crippen molar-refractivity contribution in [1.82, 2.24) is 4.90 Å². The maximum absolute atomic E-state index is 12.6. The molecule has 1 atom stereocenters. The fraction of sp³-hybridized carbons (Fsp3) is 0.529. The first-order chi connectivity index (χ1) is 11.0. The Balaban J connectivity index is 2.08. The van der Waals surface area contributed by atoms with Crippen molar-refractivity contribution in [3.63, 3.8) is 0 Å². The van der Waals surface area contributed by atoms with Crippen molar-refractivity contribution in [2.24, 2.45) is 5.73 Å². The standard InChI is InChI=1S/C17H25N3O3/c1-12(18)6-7-16(21)19-15-5-3-4-14(13(15)2)17(22)20-8-10-23-11-9-20/h3-5,12H,6-11,18H2,1-2H3,(H,19,21). The summed E-state index contributed by atoms with van der Waals surface area (Å²) in [5, 5.41) is 2.87. The quantitative estimate of drug-likeness (QED) is 0.862. The Hall–Kier alpha value is -1.92. The summed E-state index contributed by atoms with van der Waals surface area (Å²) in [5.74, 6) is -0.0983. The maximum Gasteiger partial charge on any atom is 0.254 e. The second-order valence-corrected chi connectivity index (χ2v) is 5.95. The topological polar surface area (TPSA) is 84.7 Å². The van der Waals surface area contributed by atoms with Crippen molar-refractivity contribution in [2.45, 2.75) is 32.7 Å². The molecule has 0 radical (unpaired) electrons. The van der Waals surface area contributed by atoms with Gasteiger partial charge >= 0.3 is 0 Å². The molecule has 1 aliphatic heterocycles. The van der Waals surface area contributed by atoms with Crippen LogP contribution in [-0.4, -0.2) is 49.1 Å². The number of morpholine rings is 1. The Bertz CT molecular complexity index is 566. The van der Waals surface area contributed by atoms with Gasteiger partial charge in [-0.3, -0.25) is 9.59 Å². The summed E-state index contributed by atoms with van der Waals surface area (Å²) in [6.07, 6.45) is 1.01. The fourth-order valence-corrected chi connectivity index (χ4v) is 2.51. The van der Waals surface area contributed by atoms with E-state index >= 15 is 0 Å². The van der Waals surface area contributed by atoms with Gasteiger partial charge in [-0.05, 0) is 38.0 Å². The van der Waals surface area contributed by atoms with E-state index in [0.717, 1.165) is 5.56 Å². The van der Waals surface area contributed by atoms with E-state index in [1.54, 1.807) is 17.0 Å². The molecule has 1 heterocycles. The Morgan fingerprint density at radius 3 is 2.70 bits per heavy atom. The van der Waals surface area contributed by atoms with Crippen LogP contribution in [0.3, 0.4) is 0 Å². The molecule has 1 fully saturated rings. The number of nitrogens with zero attached hydrogens (tertiary/aromatic N) is 1. The highest BCUT2D eigenvalue weighted by Crippen LogP contribution is 2.21. The summed E-state index contributed by atoms with van der Waals surface area (Å²) in [7, 11) is 0. The van der Waals surface area contributed by atoms with Crippen LogP contribution < -0.4 is 11.1 Å². The van der Waals surface area contributed by atoms with Crippen LogP contribution in [0.1, 0.15) is 35.7 Å². The molecule has 3 N–H and O–H groups in total. The van der Waals surface area contributed by atoms with Gasteiger partial charge in [0.25, 0.3) is 5.91 Å². The van der Waals surface area contributed by atoms with E-state index in [1.165, 1.54) is 0 Å². The van der Waals surface area contributed by atoms with E-state index in [-0.39, 0.29) is 17.9 Å². The minimum absolute atomic E-state index is 0.00363. The van der Waals surface area contributed by atoms with Gasteiger partial charge in [0, 0.05) is 36.8 Å². The SMILES string of the molecule is Cc1c(NC(=O)CCC(C)N)cccc1C(=O)N1CCOCC1. The van der Waals surface area contributed by atoms with Gasteiger partial charge in [0.1, 0.15) is 0 Å². The van der Waals surface area contributed by atoms with E-state index in [1.807, 2.05) is 19.9 Å². The lowest BCUT2D eigenvalue weighted by molar-refractivity contribution is -0.116. The molecule has 6 heteroatoms. The zero-order valence-corrected chi connectivity index (χ0v) is 13.8. The number of nitrogens with two attached hydrogens (primary N) is 1. The number of ether oxygens (including phenoxy) is 1. The summed E-state index contributed by atoms with van der Waals surface area (Å²) < 4.78 is 5.28. The van der Waals surface area contributed by atoms with E-state index in [2.05, 4.69) is 5.32 Å². The van der Waals surface area contributed by atoms with Crippen LogP contribution in [-0.2, 0) is 9.53 Å². The van der Waals surface area contributed by atoms with Crippen LogP contribution in [0.5, 0.6) is 0 Å². The molecule has 0 aromatic heterocycles. The third kappa shape index (κ3) is 4.77. The minimum atomic E-state index is -0.0821. The lowest BCUT2D eigenvalue weighted by Crippen LogP contribution is -2.41. The molecule has 1 saturated heterocycles. The zero-order chi connectivity index (χ0) is 16.8. The number of hydrogen-bond acceptors (Lipinski definition) is 4. The number of benzene rings is 1. The van der Waals surface area contributed by atoms with Gasteiger partial charge in [-0.15, -0.1) is 0 Å². The molecule has 2 rings (SSSR count). The van der Waals surface area contributed by atoms with Gasteiger partial charge < -0.3 is 20.7 Å². The van der Waals surface area contributed by atoms with Crippen LogP contribution in [0.25, 0.3) is 0 Å². The first-order valence-corrected chi connectivity index (χ1v) is 8.01. The molecule has 0 bridgehead atoms. The fourth-order valence-electron chi connectivity index (χ4n) is 2.51. The number of hydrogen-bond donors (Lipinski definition) is 2. The molecular weight excluding hydrogens is 294 g/mol. The Morgan fingerprint density at radius 1 is 1.35 bits per heavy atom. The molecule has 23 heavy (non-hydrogen) atoms. The summed E-state index contributed by atoms with van der Waals surface area (Å²) in [6, 6.07) is 5.40. The normalized spacial score (nSPS) is 16.0. The molecule has 0 saturated carbocycles. The van der Waals surface area contributed by atoms with Gasteiger partial charge in [0.05, 0.1) is 13.2 Å². The average Bonchev–Trinajstić information content (AvgIpc) is 2.55. The molecule has 1 aliphatic rings. The zero-order valence-electron chi connectivity index (χ0n) is 13.8. The predicted octanol–water partition coefficient (Wildman–Crippen LogP) is 1.53. The Kier molecular flexibility index (Phi) is 6.12. The van der Waals surface area contributed by atoms with Crippen molar-refractivity contribution in [1.29, 1.82) is 0 Å². The first-order valence-electron chi connectivity index (χ1n) is 8.01. The lowest BCUT2D eigenvalue weighted by Gasteiger charge is -2.27. The number of anilines is 1. The monoisotopic (exact) mass is 319 g/mol. The molecule has 1 unspecified atom stereocenters. The maximum atomic E-state index is 12.6. The van der Waals surface area contributed by atoms with E-state index < -0.39 is 0 Å². The van der Waals surface area contributed by atoms with Crippen LogP contribution in [0.2, 0.25) is 0 Å². The average molecular weight is 319 g/mol. The van der Waals surface area contributed by atoms with Crippen molar-refractivity contribution < 1.29 is 14.3 Å². The largest absolute Gasteiger partial charge is 0.378 e. The van der Waals surface area contributed by atoms with Gasteiger partial charge in [-0.25, -0.2) is 0 Å². The van der Waals surface area contributed by atoms with Gasteiger partial charge in [-0.2, -0.15) is 0 Å². The lowest BCUT2D eigenvalue weighted by atomic mass is 10.0. The number of carbonyl (C=O) groups excluding carboxylic acids is 2. The number of nitrogens with one attached hydrogen (secondary N) is 1. The first kappa shape index (κ1) is 17.4. The predicted molar refractivity (Wildman–Crippen MR) is 89.4 cm³/mol. The molecule has 1 aromatic carbocycles. The van der Waals surface area contributed by atoms with Gasteiger partial charge in [-0.1, -0.05) is 6.07 Å². The minimum Gasteiger partial charge on any atom is -0.378 e. The second-order valence-electron chi connectivity index (χ2n) is 5.95. The second kappa shape index (κ2) is 8.08. The van der Waals surface area contributed by atoms with E-state index in [9.17, 15) is 9.59 Å². The highest BCUT2D eigenvalue weighted by Gasteiger charge is 2.21. The number of rotatable bonds is 5. The van der Waals surface area contributed by atoms with E-state index in [4.69, 9.17) is 10.5 Å². The van der Waals surface area contributed by atoms with Crippen LogP contribution >= 0.6 is 0 Å². The Labute approximate surface area is 137 Å². The molecule has 0 aliphatic carbocycles. The summed E-state index contributed by atoms with van der Waals surface area (Å²) in [5.41, 5.74) is 7.76. The highest BCUT2D eigenvalue weighted by molar-refractivity contribution is 5.99. The molecule has 126 valence electrons.